The Bertz CT molecular complexity index is 1090. The predicted molar refractivity (Wildman–Crippen MR) is 129 cm³/mol. The molecular weight excluding hydrogens is 416 g/mol. The first-order valence-electron chi connectivity index (χ1n) is 11.3. The molecule has 0 spiro atoms. The fraction of sp³-hybridized carbons (Fsp3) is 0.296. The van der Waals surface area contributed by atoms with Gasteiger partial charge < -0.3 is 25.6 Å². The zero-order chi connectivity index (χ0) is 23.0. The Morgan fingerprint density at radius 1 is 1.06 bits per heavy atom. The third-order valence-electron chi connectivity index (χ3n) is 5.76. The molecule has 3 aromatic carbocycles. The number of para-hydroxylation sites is 1. The Labute approximate surface area is 194 Å². The third kappa shape index (κ3) is 6.34. The number of ether oxygens (including phenoxy) is 2. The van der Waals surface area contributed by atoms with Crippen molar-refractivity contribution in [3.05, 3.63) is 83.4 Å². The Morgan fingerprint density at radius 3 is 2.70 bits per heavy atom. The zero-order valence-corrected chi connectivity index (χ0v) is 18.6. The molecule has 1 saturated heterocycles. The molecular formula is C27H30N2O4. The SMILES string of the molecule is NCc1cccc(-c2cc(COc3ccccc3CC(=O)O)cc(NC[C@@H]3CCCO3)c2)c1. The standard InChI is InChI=1S/C27H30N2O4/c28-16-19-5-3-7-21(11-19)23-12-20(13-24(14-23)29-17-25-8-4-10-32-25)18-33-26-9-2-1-6-22(26)15-27(30)31/h1-3,5-7,9,11-14,25,29H,4,8,10,15-18,28H2,(H,30,31)/t25-/m0/s1. The number of aliphatic carboxylic acids is 1. The van der Waals surface area contributed by atoms with E-state index < -0.39 is 5.97 Å². The van der Waals surface area contributed by atoms with Gasteiger partial charge in [-0.1, -0.05) is 36.4 Å². The number of carboxylic acids is 1. The lowest BCUT2D eigenvalue weighted by atomic mass is 10.00. The molecule has 1 aliphatic rings. The van der Waals surface area contributed by atoms with Crippen molar-refractivity contribution < 1.29 is 19.4 Å². The van der Waals surface area contributed by atoms with Crippen molar-refractivity contribution >= 4 is 11.7 Å². The van der Waals surface area contributed by atoms with E-state index in [0.29, 0.717) is 24.5 Å². The lowest BCUT2D eigenvalue weighted by molar-refractivity contribution is -0.136. The molecule has 6 heteroatoms. The molecule has 0 amide bonds. The highest BCUT2D eigenvalue weighted by Gasteiger charge is 2.15. The van der Waals surface area contributed by atoms with Crippen molar-refractivity contribution in [1.29, 1.82) is 0 Å². The first-order chi connectivity index (χ1) is 16.1. The molecule has 4 N–H and O–H groups in total. The molecule has 0 radical (unpaired) electrons. The molecule has 1 aliphatic heterocycles. The van der Waals surface area contributed by atoms with E-state index in [4.69, 9.17) is 15.2 Å². The Balaban J connectivity index is 1.58. The quantitative estimate of drug-likeness (QED) is 0.421. The highest BCUT2D eigenvalue weighted by atomic mass is 16.5. The van der Waals surface area contributed by atoms with Crippen LogP contribution in [0.4, 0.5) is 5.69 Å². The number of hydrogen-bond acceptors (Lipinski definition) is 5. The van der Waals surface area contributed by atoms with Crippen LogP contribution in [0.15, 0.2) is 66.7 Å². The van der Waals surface area contributed by atoms with Crippen LogP contribution in [-0.2, 0) is 29.1 Å². The van der Waals surface area contributed by atoms with Crippen LogP contribution < -0.4 is 15.8 Å². The number of carboxylic acid groups (broad SMARTS) is 1. The number of rotatable bonds is 10. The molecule has 0 bridgehead atoms. The first kappa shape index (κ1) is 22.8. The molecule has 1 fully saturated rings. The number of nitrogens with one attached hydrogen (secondary N) is 1. The van der Waals surface area contributed by atoms with E-state index in [1.54, 1.807) is 6.07 Å². The number of carbonyl (C=O) groups is 1. The van der Waals surface area contributed by atoms with Crippen LogP contribution in [0.25, 0.3) is 11.1 Å². The van der Waals surface area contributed by atoms with Gasteiger partial charge in [0.1, 0.15) is 12.4 Å². The minimum Gasteiger partial charge on any atom is -0.489 e. The van der Waals surface area contributed by atoms with Crippen LogP contribution in [0.3, 0.4) is 0 Å². The molecule has 0 aliphatic carbocycles. The second-order valence-corrected chi connectivity index (χ2v) is 8.31. The number of anilines is 1. The molecule has 4 rings (SSSR count). The maximum Gasteiger partial charge on any atom is 0.307 e. The lowest BCUT2D eigenvalue weighted by Crippen LogP contribution is -2.18. The average Bonchev–Trinajstić information content (AvgIpc) is 3.36. The highest BCUT2D eigenvalue weighted by molar-refractivity contribution is 5.71. The van der Waals surface area contributed by atoms with Gasteiger partial charge in [0.15, 0.2) is 0 Å². The van der Waals surface area contributed by atoms with Crippen LogP contribution in [0.1, 0.15) is 29.5 Å². The predicted octanol–water partition coefficient (Wildman–Crippen LogP) is 4.61. The van der Waals surface area contributed by atoms with Crippen LogP contribution in [0.2, 0.25) is 0 Å². The Morgan fingerprint density at radius 2 is 1.91 bits per heavy atom. The fourth-order valence-corrected chi connectivity index (χ4v) is 4.07. The zero-order valence-electron chi connectivity index (χ0n) is 18.6. The summed E-state index contributed by atoms with van der Waals surface area (Å²) in [4.78, 5) is 11.2. The van der Waals surface area contributed by atoms with Crippen LogP contribution in [-0.4, -0.2) is 30.3 Å². The van der Waals surface area contributed by atoms with Crippen molar-refractivity contribution in [2.24, 2.45) is 5.73 Å². The molecule has 172 valence electrons. The van der Waals surface area contributed by atoms with Crippen LogP contribution in [0.5, 0.6) is 5.75 Å². The van der Waals surface area contributed by atoms with Gasteiger partial charge in [0.25, 0.3) is 0 Å². The van der Waals surface area contributed by atoms with Gasteiger partial charge in [-0.05, 0) is 65.4 Å². The fourth-order valence-electron chi connectivity index (χ4n) is 4.07. The monoisotopic (exact) mass is 446 g/mol. The van der Waals surface area contributed by atoms with Gasteiger partial charge in [-0.2, -0.15) is 0 Å². The second kappa shape index (κ2) is 11.0. The largest absolute Gasteiger partial charge is 0.489 e. The second-order valence-electron chi connectivity index (χ2n) is 8.31. The van der Waals surface area contributed by atoms with Crippen molar-refractivity contribution in [3.63, 3.8) is 0 Å². The van der Waals surface area contributed by atoms with E-state index in [1.807, 2.05) is 30.3 Å². The summed E-state index contributed by atoms with van der Waals surface area (Å²) in [5.41, 5.74) is 11.7. The van der Waals surface area contributed by atoms with E-state index in [1.165, 1.54) is 0 Å². The molecule has 1 heterocycles. The summed E-state index contributed by atoms with van der Waals surface area (Å²) in [6.45, 7) is 2.40. The van der Waals surface area contributed by atoms with E-state index in [9.17, 15) is 9.90 Å². The van der Waals surface area contributed by atoms with E-state index in [2.05, 4.69) is 35.6 Å². The van der Waals surface area contributed by atoms with E-state index in [-0.39, 0.29) is 12.5 Å². The van der Waals surface area contributed by atoms with E-state index >= 15 is 0 Å². The summed E-state index contributed by atoms with van der Waals surface area (Å²) < 4.78 is 11.8. The summed E-state index contributed by atoms with van der Waals surface area (Å²) >= 11 is 0. The van der Waals surface area contributed by atoms with Gasteiger partial charge in [0, 0.05) is 30.9 Å². The Hall–Kier alpha value is -3.35. The van der Waals surface area contributed by atoms with Crippen molar-refractivity contribution in [2.75, 3.05) is 18.5 Å². The molecule has 6 nitrogen and oxygen atoms in total. The van der Waals surface area contributed by atoms with Gasteiger partial charge in [-0.3, -0.25) is 4.79 Å². The van der Waals surface area contributed by atoms with Crippen LogP contribution in [0, 0.1) is 0 Å². The van der Waals surface area contributed by atoms with E-state index in [0.717, 1.165) is 53.9 Å². The van der Waals surface area contributed by atoms with Gasteiger partial charge in [-0.25, -0.2) is 0 Å². The van der Waals surface area contributed by atoms with Gasteiger partial charge in [0.2, 0.25) is 0 Å². The number of benzene rings is 3. The number of nitrogens with two attached hydrogens (primary N) is 1. The lowest BCUT2D eigenvalue weighted by Gasteiger charge is -2.16. The third-order valence-corrected chi connectivity index (χ3v) is 5.76. The van der Waals surface area contributed by atoms with Crippen LogP contribution >= 0.6 is 0 Å². The molecule has 1 atom stereocenters. The first-order valence-corrected chi connectivity index (χ1v) is 11.3. The topological polar surface area (TPSA) is 93.8 Å². The molecule has 33 heavy (non-hydrogen) atoms. The van der Waals surface area contributed by atoms with Gasteiger partial charge in [0.05, 0.1) is 12.5 Å². The number of hydrogen-bond donors (Lipinski definition) is 3. The van der Waals surface area contributed by atoms with Crippen molar-refractivity contribution in [3.8, 4) is 16.9 Å². The maximum atomic E-state index is 11.2. The minimum atomic E-state index is -0.881. The molecule has 0 unspecified atom stereocenters. The smallest absolute Gasteiger partial charge is 0.307 e. The van der Waals surface area contributed by atoms with Crippen molar-refractivity contribution in [1.82, 2.24) is 0 Å². The summed E-state index contributed by atoms with van der Waals surface area (Å²) in [5, 5.41) is 12.7. The maximum absolute atomic E-state index is 11.2. The average molecular weight is 447 g/mol. The minimum absolute atomic E-state index is 0.0731. The molecule has 0 aromatic heterocycles. The Kier molecular flexibility index (Phi) is 7.60. The normalized spacial score (nSPS) is 15.4. The molecule has 0 saturated carbocycles. The molecule has 3 aromatic rings. The summed E-state index contributed by atoms with van der Waals surface area (Å²) in [6, 6.07) is 21.8. The summed E-state index contributed by atoms with van der Waals surface area (Å²) in [7, 11) is 0. The van der Waals surface area contributed by atoms with Gasteiger partial charge >= 0.3 is 5.97 Å². The highest BCUT2D eigenvalue weighted by Crippen LogP contribution is 2.28. The van der Waals surface area contributed by atoms with Crippen molar-refractivity contribution in [2.45, 2.75) is 38.5 Å². The summed E-state index contributed by atoms with van der Waals surface area (Å²) in [5.74, 6) is -0.294. The van der Waals surface area contributed by atoms with Gasteiger partial charge in [-0.15, -0.1) is 0 Å². The summed E-state index contributed by atoms with van der Waals surface area (Å²) in [6.07, 6.45) is 2.34.